The summed E-state index contributed by atoms with van der Waals surface area (Å²) in [5.74, 6) is 1.23. The van der Waals surface area contributed by atoms with Crippen molar-refractivity contribution in [3.63, 3.8) is 0 Å². The molecule has 0 atom stereocenters. The van der Waals surface area contributed by atoms with Crippen molar-refractivity contribution in [2.24, 2.45) is 4.99 Å². The van der Waals surface area contributed by atoms with E-state index in [0.29, 0.717) is 11.8 Å². The average Bonchev–Trinajstić information content (AvgIpc) is 3.13. The first-order valence-corrected chi connectivity index (χ1v) is 8.75. The molecule has 0 saturated carbocycles. The summed E-state index contributed by atoms with van der Waals surface area (Å²) in [7, 11) is 0. The molecule has 3 aromatic heterocycles. The molecule has 0 aliphatic carbocycles. The summed E-state index contributed by atoms with van der Waals surface area (Å²) in [6.45, 7) is 0. The molecule has 0 aliphatic heterocycles. The fourth-order valence-corrected chi connectivity index (χ4v) is 2.42. The van der Waals surface area contributed by atoms with E-state index in [-0.39, 0.29) is 35.7 Å². The van der Waals surface area contributed by atoms with Crippen LogP contribution < -0.4 is 33.6 Å². The molecule has 0 amide bonds. The summed E-state index contributed by atoms with van der Waals surface area (Å²) in [6, 6.07) is 10.7. The van der Waals surface area contributed by atoms with Gasteiger partial charge in [0.15, 0.2) is 0 Å². The number of hydrogen-bond acceptors (Lipinski definition) is 14. The first-order valence-electron chi connectivity index (χ1n) is 8.75. The molecule has 10 N–H and O–H groups in total. The van der Waals surface area contributed by atoms with Gasteiger partial charge in [0.25, 0.3) is 0 Å². The van der Waals surface area contributed by atoms with Gasteiger partial charge in [-0.15, -0.1) is 0 Å². The molecule has 0 fully saturated rings. The molecular formula is C17H17N13O. The fourth-order valence-electron chi connectivity index (χ4n) is 2.42. The second kappa shape index (κ2) is 8.16. The number of nitrogens with two attached hydrogens (primary N) is 4. The molecule has 3 heterocycles. The van der Waals surface area contributed by atoms with Crippen molar-refractivity contribution in [1.29, 1.82) is 0 Å². The van der Waals surface area contributed by atoms with Crippen LogP contribution in [0.5, 0.6) is 0 Å². The van der Waals surface area contributed by atoms with Crippen LogP contribution in [0.2, 0.25) is 0 Å². The Balaban J connectivity index is 1.39. The van der Waals surface area contributed by atoms with Gasteiger partial charge in [-0.3, -0.25) is 5.32 Å². The second-order valence-corrected chi connectivity index (χ2v) is 6.02. The number of nitrogens with zero attached hydrogens (tertiary/aromatic N) is 7. The highest BCUT2D eigenvalue weighted by atomic mass is 16.4. The van der Waals surface area contributed by atoms with Gasteiger partial charge in [0.1, 0.15) is 0 Å². The molecule has 0 saturated heterocycles. The molecule has 14 nitrogen and oxygen atoms in total. The van der Waals surface area contributed by atoms with Crippen molar-refractivity contribution in [2.45, 2.75) is 0 Å². The second-order valence-electron chi connectivity index (χ2n) is 6.02. The molecule has 156 valence electrons. The first kappa shape index (κ1) is 19.3. The molecule has 0 bridgehead atoms. The van der Waals surface area contributed by atoms with E-state index < -0.39 is 0 Å². The van der Waals surface area contributed by atoms with Crippen molar-refractivity contribution in [3.8, 4) is 0 Å². The van der Waals surface area contributed by atoms with E-state index in [9.17, 15) is 0 Å². The van der Waals surface area contributed by atoms with Crippen LogP contribution in [-0.2, 0) is 0 Å². The van der Waals surface area contributed by atoms with Crippen LogP contribution >= 0.6 is 0 Å². The van der Waals surface area contributed by atoms with Crippen LogP contribution in [0.1, 0.15) is 5.56 Å². The van der Waals surface area contributed by atoms with Crippen molar-refractivity contribution >= 4 is 59.4 Å². The van der Waals surface area contributed by atoms with Gasteiger partial charge < -0.3 is 32.7 Å². The van der Waals surface area contributed by atoms with Crippen molar-refractivity contribution < 1.29 is 4.42 Å². The Labute approximate surface area is 174 Å². The van der Waals surface area contributed by atoms with Crippen LogP contribution in [0.15, 0.2) is 45.8 Å². The van der Waals surface area contributed by atoms with Gasteiger partial charge in [0, 0.05) is 24.0 Å². The average molecular weight is 419 g/mol. The first-order chi connectivity index (χ1) is 14.9. The fraction of sp³-hybridized carbons (Fsp3) is 0. The zero-order valence-corrected chi connectivity index (χ0v) is 15.9. The van der Waals surface area contributed by atoms with E-state index in [2.05, 4.69) is 45.5 Å². The van der Waals surface area contributed by atoms with E-state index in [1.807, 2.05) is 24.3 Å². The van der Waals surface area contributed by atoms with Crippen LogP contribution in [0.3, 0.4) is 0 Å². The molecule has 14 heteroatoms. The van der Waals surface area contributed by atoms with Gasteiger partial charge in [-0.2, -0.15) is 29.9 Å². The summed E-state index contributed by atoms with van der Waals surface area (Å²) in [6.07, 6.45) is 1.64. The largest absolute Gasteiger partial charge is 0.423 e. The Morgan fingerprint density at radius 2 is 1.23 bits per heavy atom. The van der Waals surface area contributed by atoms with Gasteiger partial charge in [-0.25, -0.2) is 4.99 Å². The third kappa shape index (κ3) is 5.08. The van der Waals surface area contributed by atoms with Crippen molar-refractivity contribution in [1.82, 2.24) is 29.9 Å². The number of nitrogens with one attached hydrogen (secondary N) is 2. The van der Waals surface area contributed by atoms with Crippen molar-refractivity contribution in [3.05, 3.63) is 42.0 Å². The number of furan rings is 1. The lowest BCUT2D eigenvalue weighted by Gasteiger charge is -2.05. The number of anilines is 8. The van der Waals surface area contributed by atoms with Gasteiger partial charge in [0.05, 0.1) is 0 Å². The molecule has 31 heavy (non-hydrogen) atoms. The minimum atomic E-state index is 0.000154. The summed E-state index contributed by atoms with van der Waals surface area (Å²) in [4.78, 5) is 27.5. The lowest BCUT2D eigenvalue weighted by atomic mass is 10.2. The maximum Gasteiger partial charge on any atom is 0.236 e. The molecule has 1 aromatic carbocycles. The van der Waals surface area contributed by atoms with E-state index in [1.54, 1.807) is 18.3 Å². The highest BCUT2D eigenvalue weighted by molar-refractivity contribution is 5.82. The molecule has 0 unspecified atom stereocenters. The van der Waals surface area contributed by atoms with Crippen LogP contribution in [0.25, 0.3) is 0 Å². The number of hydrogen-bond donors (Lipinski definition) is 6. The zero-order chi connectivity index (χ0) is 21.8. The highest BCUT2D eigenvalue weighted by Crippen LogP contribution is 2.23. The summed E-state index contributed by atoms with van der Waals surface area (Å²) < 4.78 is 5.56. The van der Waals surface area contributed by atoms with Crippen LogP contribution in [-0.4, -0.2) is 36.1 Å². The molecule has 0 radical (unpaired) electrons. The van der Waals surface area contributed by atoms with Gasteiger partial charge in [0.2, 0.25) is 47.5 Å². The summed E-state index contributed by atoms with van der Waals surface area (Å²) in [5, 5.41) is 5.83. The molecular weight excluding hydrogens is 402 g/mol. The van der Waals surface area contributed by atoms with E-state index in [1.165, 1.54) is 0 Å². The Bertz CT molecular complexity index is 1190. The van der Waals surface area contributed by atoms with E-state index in [4.69, 9.17) is 27.4 Å². The SMILES string of the molecule is Nc1nc(N)nc(Nc2ccc(C=Nc3ccc(Nc4nc(N)nc(N)n4)o3)cc2)n1. The number of benzene rings is 1. The zero-order valence-electron chi connectivity index (χ0n) is 15.9. The minimum absolute atomic E-state index is 0.000154. The molecule has 0 aliphatic rings. The quantitative estimate of drug-likeness (QED) is 0.241. The maximum absolute atomic E-state index is 5.56. The third-order valence-electron chi connectivity index (χ3n) is 3.67. The Kier molecular flexibility index (Phi) is 5.08. The lowest BCUT2D eigenvalue weighted by molar-refractivity contribution is 0.595. The topological polar surface area (TPSA) is 231 Å². The predicted octanol–water partition coefficient (Wildman–Crippen LogP) is 1.22. The monoisotopic (exact) mass is 419 g/mol. The minimum Gasteiger partial charge on any atom is -0.423 e. The van der Waals surface area contributed by atoms with Gasteiger partial charge >= 0.3 is 0 Å². The standard InChI is InChI=1S/C17H17N13O/c18-12-25-13(19)28-16(27-12)23-9-3-1-8(2-4-9)7-22-10-5-6-11(31-10)24-17-29-14(20)26-15(21)30-17/h1-7H,(H5,18,19,23,25,27,28)(H5,20,21,24,26,29,30). The molecule has 0 spiro atoms. The van der Waals surface area contributed by atoms with Crippen molar-refractivity contribution in [2.75, 3.05) is 33.6 Å². The predicted molar refractivity (Wildman–Crippen MR) is 116 cm³/mol. The molecule has 4 aromatic rings. The third-order valence-corrected chi connectivity index (χ3v) is 3.67. The molecule has 4 rings (SSSR count). The van der Waals surface area contributed by atoms with E-state index >= 15 is 0 Å². The summed E-state index contributed by atoms with van der Waals surface area (Å²) in [5.41, 5.74) is 23.8. The highest BCUT2D eigenvalue weighted by Gasteiger charge is 2.06. The van der Waals surface area contributed by atoms with E-state index in [0.717, 1.165) is 11.3 Å². The maximum atomic E-state index is 5.56. The van der Waals surface area contributed by atoms with Crippen LogP contribution in [0.4, 0.5) is 53.1 Å². The number of aliphatic imine (C=N–C) groups is 1. The number of aromatic nitrogens is 6. The Morgan fingerprint density at radius 1 is 0.677 bits per heavy atom. The Morgan fingerprint density at radius 3 is 1.81 bits per heavy atom. The smallest absolute Gasteiger partial charge is 0.236 e. The Hall–Kier alpha value is -5.01. The summed E-state index contributed by atoms with van der Waals surface area (Å²) >= 11 is 0. The normalized spacial score (nSPS) is 11.0. The number of rotatable bonds is 6. The lowest BCUT2D eigenvalue weighted by Crippen LogP contribution is -2.06. The van der Waals surface area contributed by atoms with Gasteiger partial charge in [-0.05, 0) is 17.7 Å². The van der Waals surface area contributed by atoms with Gasteiger partial charge in [-0.1, -0.05) is 12.1 Å². The number of nitrogen functional groups attached to an aromatic ring is 4. The van der Waals surface area contributed by atoms with Crippen LogP contribution in [0, 0.1) is 0 Å².